The van der Waals surface area contributed by atoms with Gasteiger partial charge in [0.1, 0.15) is 0 Å². The van der Waals surface area contributed by atoms with Crippen LogP contribution in [0.25, 0.3) is 0 Å². The molecule has 0 saturated carbocycles. The maximum atomic E-state index is 5.30. The Bertz CT molecular complexity index is 340. The Balaban J connectivity index is 2.54. The van der Waals surface area contributed by atoms with E-state index in [1.165, 1.54) is 0 Å². The Morgan fingerprint density at radius 1 is 1.40 bits per heavy atom. The van der Waals surface area contributed by atoms with E-state index < -0.39 is 0 Å². The van der Waals surface area contributed by atoms with E-state index in [4.69, 9.17) is 15.9 Å². The van der Waals surface area contributed by atoms with Gasteiger partial charge in [-0.25, -0.2) is 0 Å². The van der Waals surface area contributed by atoms with Gasteiger partial charge in [0.05, 0.1) is 6.54 Å². The first-order chi connectivity index (χ1) is 7.30. The van der Waals surface area contributed by atoms with Crippen LogP contribution in [-0.4, -0.2) is 27.1 Å². The summed E-state index contributed by atoms with van der Waals surface area (Å²) in [5.41, 5.74) is 1.82. The second-order valence-corrected chi connectivity index (χ2v) is 3.01. The topological polar surface area (TPSA) is 30.5 Å². The lowest BCUT2D eigenvalue weighted by molar-refractivity contribution is -0.0914. The van der Waals surface area contributed by atoms with Crippen LogP contribution in [0.4, 0.5) is 5.69 Å². The molecule has 0 atom stereocenters. The van der Waals surface area contributed by atoms with E-state index in [0.717, 1.165) is 11.3 Å². The normalized spacial score (nSPS) is 10.0. The summed E-state index contributed by atoms with van der Waals surface area (Å²) >= 11 is 0. The molecule has 15 heavy (non-hydrogen) atoms. The van der Waals surface area contributed by atoms with Crippen LogP contribution in [0.5, 0.6) is 0 Å². The quantitative estimate of drug-likeness (QED) is 0.586. The number of rotatable bonds is 5. The summed E-state index contributed by atoms with van der Waals surface area (Å²) in [7, 11) is 3.21. The molecule has 0 aliphatic heterocycles. The van der Waals surface area contributed by atoms with Gasteiger partial charge in [-0.05, 0) is 18.2 Å². The molecule has 0 radical (unpaired) electrons. The van der Waals surface area contributed by atoms with Crippen molar-refractivity contribution in [3.05, 3.63) is 29.8 Å². The highest BCUT2D eigenvalue weighted by molar-refractivity contribution is 5.49. The van der Waals surface area contributed by atoms with Gasteiger partial charge < -0.3 is 14.8 Å². The van der Waals surface area contributed by atoms with E-state index in [-0.39, 0.29) is 6.29 Å². The smallest absolute Gasteiger partial charge is 0.173 e. The number of benzene rings is 1. The third-order valence-electron chi connectivity index (χ3n) is 2.03. The van der Waals surface area contributed by atoms with E-state index in [0.29, 0.717) is 6.54 Å². The molecule has 1 N–H and O–H groups in total. The van der Waals surface area contributed by atoms with Crippen molar-refractivity contribution in [3.8, 4) is 12.3 Å². The summed E-state index contributed by atoms with van der Waals surface area (Å²) in [4.78, 5) is 0. The van der Waals surface area contributed by atoms with Crippen molar-refractivity contribution in [1.29, 1.82) is 0 Å². The van der Waals surface area contributed by atoms with Crippen molar-refractivity contribution in [2.45, 2.75) is 6.29 Å². The van der Waals surface area contributed by atoms with Gasteiger partial charge in [-0.1, -0.05) is 12.0 Å². The summed E-state index contributed by atoms with van der Waals surface area (Å²) < 4.78 is 10.1. The Labute approximate surface area is 90.4 Å². The van der Waals surface area contributed by atoms with Crippen LogP contribution in [0.2, 0.25) is 0 Å². The van der Waals surface area contributed by atoms with Gasteiger partial charge in [-0.2, -0.15) is 0 Å². The van der Waals surface area contributed by atoms with Crippen LogP contribution in [0, 0.1) is 12.3 Å². The van der Waals surface area contributed by atoms with Crippen LogP contribution >= 0.6 is 0 Å². The third-order valence-corrected chi connectivity index (χ3v) is 2.03. The Morgan fingerprint density at radius 3 is 2.73 bits per heavy atom. The second kappa shape index (κ2) is 6.07. The molecule has 1 aromatic rings. The average Bonchev–Trinajstić information content (AvgIpc) is 2.31. The minimum absolute atomic E-state index is 0.250. The minimum atomic E-state index is -0.250. The Kier molecular flexibility index (Phi) is 4.69. The first-order valence-corrected chi connectivity index (χ1v) is 4.66. The standard InChI is InChI=1S/C12H15NO2/c1-4-10-6-5-7-11(8-10)13-9-12(14-2)15-3/h1,5-8,12-13H,9H2,2-3H3. The fourth-order valence-corrected chi connectivity index (χ4v) is 1.18. The van der Waals surface area contributed by atoms with Crippen LogP contribution < -0.4 is 5.32 Å². The lowest BCUT2D eigenvalue weighted by Crippen LogP contribution is -2.23. The molecule has 0 heterocycles. The summed E-state index contributed by atoms with van der Waals surface area (Å²) in [6, 6.07) is 7.65. The van der Waals surface area contributed by atoms with Crippen LogP contribution in [0.3, 0.4) is 0 Å². The monoisotopic (exact) mass is 205 g/mol. The fraction of sp³-hybridized carbons (Fsp3) is 0.333. The van der Waals surface area contributed by atoms with E-state index in [1.807, 2.05) is 24.3 Å². The fourth-order valence-electron chi connectivity index (χ4n) is 1.18. The molecule has 1 aromatic carbocycles. The van der Waals surface area contributed by atoms with Crippen molar-refractivity contribution in [1.82, 2.24) is 0 Å². The lowest BCUT2D eigenvalue weighted by atomic mass is 10.2. The molecule has 0 spiro atoms. The Hall–Kier alpha value is -1.50. The van der Waals surface area contributed by atoms with Crippen LogP contribution in [0.15, 0.2) is 24.3 Å². The summed E-state index contributed by atoms with van der Waals surface area (Å²) in [6.45, 7) is 0.584. The molecule has 80 valence electrons. The zero-order valence-electron chi connectivity index (χ0n) is 8.99. The zero-order chi connectivity index (χ0) is 11.1. The summed E-state index contributed by atoms with van der Waals surface area (Å²) in [5.74, 6) is 2.58. The van der Waals surface area contributed by atoms with Crippen molar-refractivity contribution < 1.29 is 9.47 Å². The SMILES string of the molecule is C#Cc1cccc(NCC(OC)OC)c1. The Morgan fingerprint density at radius 2 is 2.13 bits per heavy atom. The number of hydrogen-bond acceptors (Lipinski definition) is 3. The van der Waals surface area contributed by atoms with Gasteiger partial charge >= 0.3 is 0 Å². The maximum absolute atomic E-state index is 5.30. The number of hydrogen-bond donors (Lipinski definition) is 1. The van der Waals surface area contributed by atoms with Gasteiger partial charge in [-0.15, -0.1) is 6.42 Å². The third kappa shape index (κ3) is 3.62. The molecular weight excluding hydrogens is 190 g/mol. The molecule has 1 rings (SSSR count). The molecule has 3 nitrogen and oxygen atoms in total. The number of terminal acetylenes is 1. The predicted octanol–water partition coefficient (Wildman–Crippen LogP) is 1.70. The van der Waals surface area contributed by atoms with Crippen molar-refractivity contribution in [2.24, 2.45) is 0 Å². The van der Waals surface area contributed by atoms with E-state index in [2.05, 4.69) is 11.2 Å². The van der Waals surface area contributed by atoms with Crippen molar-refractivity contribution in [3.63, 3.8) is 0 Å². The zero-order valence-corrected chi connectivity index (χ0v) is 8.99. The molecule has 0 aliphatic rings. The van der Waals surface area contributed by atoms with Gasteiger partial charge in [0, 0.05) is 25.5 Å². The van der Waals surface area contributed by atoms with Crippen molar-refractivity contribution >= 4 is 5.69 Å². The van der Waals surface area contributed by atoms with E-state index in [1.54, 1.807) is 14.2 Å². The van der Waals surface area contributed by atoms with E-state index >= 15 is 0 Å². The highest BCUT2D eigenvalue weighted by atomic mass is 16.7. The molecule has 0 aromatic heterocycles. The molecule has 3 heteroatoms. The predicted molar refractivity (Wildman–Crippen MR) is 60.7 cm³/mol. The van der Waals surface area contributed by atoms with Gasteiger partial charge in [0.2, 0.25) is 0 Å². The molecule has 0 aliphatic carbocycles. The molecule has 0 amide bonds. The first kappa shape index (κ1) is 11.6. The summed E-state index contributed by atoms with van der Waals surface area (Å²) in [6.07, 6.45) is 5.05. The average molecular weight is 205 g/mol. The lowest BCUT2D eigenvalue weighted by Gasteiger charge is -2.14. The molecule has 0 fully saturated rings. The van der Waals surface area contributed by atoms with Gasteiger partial charge in [0.25, 0.3) is 0 Å². The van der Waals surface area contributed by atoms with Gasteiger partial charge in [0.15, 0.2) is 6.29 Å². The number of nitrogens with one attached hydrogen (secondary N) is 1. The molecular formula is C12H15NO2. The number of ether oxygens (including phenoxy) is 2. The highest BCUT2D eigenvalue weighted by Crippen LogP contribution is 2.09. The molecule has 0 bridgehead atoms. The second-order valence-electron chi connectivity index (χ2n) is 3.01. The first-order valence-electron chi connectivity index (χ1n) is 4.66. The minimum Gasteiger partial charge on any atom is -0.380 e. The maximum Gasteiger partial charge on any atom is 0.173 e. The van der Waals surface area contributed by atoms with Crippen LogP contribution in [0.1, 0.15) is 5.56 Å². The highest BCUT2D eigenvalue weighted by Gasteiger charge is 2.03. The molecule has 0 saturated heterocycles. The largest absolute Gasteiger partial charge is 0.380 e. The van der Waals surface area contributed by atoms with E-state index in [9.17, 15) is 0 Å². The van der Waals surface area contributed by atoms with Gasteiger partial charge in [-0.3, -0.25) is 0 Å². The number of anilines is 1. The molecule has 0 unspecified atom stereocenters. The van der Waals surface area contributed by atoms with Crippen molar-refractivity contribution in [2.75, 3.05) is 26.1 Å². The van der Waals surface area contributed by atoms with Crippen LogP contribution in [-0.2, 0) is 9.47 Å². The summed E-state index contributed by atoms with van der Waals surface area (Å²) in [5, 5.41) is 3.18. The number of methoxy groups -OCH3 is 2.